The minimum absolute atomic E-state index is 0.0477. The number of carbonyl (C=O) groups excluding carboxylic acids is 2. The first-order chi connectivity index (χ1) is 12.0. The van der Waals surface area contributed by atoms with Crippen LogP contribution < -0.4 is 5.32 Å². The number of hydrogen-bond donors (Lipinski definition) is 1. The van der Waals surface area contributed by atoms with Crippen LogP contribution in [0.2, 0.25) is 0 Å². The van der Waals surface area contributed by atoms with Gasteiger partial charge in [-0.15, -0.1) is 0 Å². The molecule has 25 heavy (non-hydrogen) atoms. The number of hydrogen-bond acceptors (Lipinski definition) is 3. The lowest BCUT2D eigenvalue weighted by atomic mass is 9.86. The molecule has 0 bridgehead atoms. The summed E-state index contributed by atoms with van der Waals surface area (Å²) in [5.41, 5.74) is 1.79. The number of nitrogens with zero attached hydrogens (tertiary/aromatic N) is 1. The number of ether oxygens (including phenoxy) is 1. The molecule has 0 radical (unpaired) electrons. The van der Waals surface area contributed by atoms with Crippen LogP contribution >= 0.6 is 0 Å². The van der Waals surface area contributed by atoms with Gasteiger partial charge in [0.2, 0.25) is 5.91 Å². The van der Waals surface area contributed by atoms with Gasteiger partial charge in [-0.25, -0.2) is 9.18 Å². The van der Waals surface area contributed by atoms with Gasteiger partial charge in [0.05, 0.1) is 12.5 Å². The summed E-state index contributed by atoms with van der Waals surface area (Å²) in [5.74, 6) is 0.144. The lowest BCUT2D eigenvalue weighted by Crippen LogP contribution is -2.45. The topological polar surface area (TPSA) is 58.6 Å². The van der Waals surface area contributed by atoms with E-state index in [1.54, 1.807) is 13.0 Å². The summed E-state index contributed by atoms with van der Waals surface area (Å²) in [7, 11) is 0. The molecule has 6 heteroatoms. The lowest BCUT2D eigenvalue weighted by molar-refractivity contribution is -0.136. The molecule has 3 fully saturated rings. The number of benzene rings is 1. The fourth-order valence-electron chi connectivity index (χ4n) is 4.34. The van der Waals surface area contributed by atoms with Crippen molar-refractivity contribution in [2.45, 2.75) is 31.6 Å². The highest BCUT2D eigenvalue weighted by molar-refractivity contribution is 5.80. The fraction of sp³-hybridized carbons (Fsp3) is 0.579. The molecule has 1 aromatic rings. The molecule has 3 aliphatic rings. The largest absolute Gasteiger partial charge is 0.450 e. The Morgan fingerprint density at radius 1 is 1.44 bits per heavy atom. The van der Waals surface area contributed by atoms with E-state index >= 15 is 0 Å². The SMILES string of the molecule is Cc1ccc([C@@]23CCN(C(=O)[C@@H]4CCOC(=O)NC4)C[C@@H]2C3)cc1F. The molecule has 1 aromatic carbocycles. The van der Waals surface area contributed by atoms with E-state index in [1.165, 1.54) is 0 Å². The normalized spacial score (nSPS) is 31.4. The molecule has 5 nitrogen and oxygen atoms in total. The van der Waals surface area contributed by atoms with E-state index < -0.39 is 6.09 Å². The number of fused-ring (bicyclic) bond motifs is 1. The molecule has 2 heterocycles. The van der Waals surface area contributed by atoms with Gasteiger partial charge in [0, 0.05) is 25.0 Å². The number of carbonyl (C=O) groups is 2. The van der Waals surface area contributed by atoms with Crippen molar-refractivity contribution in [1.29, 1.82) is 0 Å². The predicted octanol–water partition coefficient (Wildman–Crippen LogP) is 2.37. The second-order valence-corrected chi connectivity index (χ2v) is 7.56. The first kappa shape index (κ1) is 16.4. The molecular weight excluding hydrogens is 323 g/mol. The molecule has 2 amide bonds. The summed E-state index contributed by atoms with van der Waals surface area (Å²) in [6.45, 7) is 3.81. The minimum atomic E-state index is -0.448. The molecule has 0 spiro atoms. The summed E-state index contributed by atoms with van der Waals surface area (Å²) in [6.07, 6.45) is 2.01. The smallest absolute Gasteiger partial charge is 0.407 e. The Morgan fingerprint density at radius 2 is 2.28 bits per heavy atom. The molecule has 2 aliphatic heterocycles. The van der Waals surface area contributed by atoms with Crippen molar-refractivity contribution in [3.8, 4) is 0 Å². The van der Waals surface area contributed by atoms with Crippen molar-refractivity contribution in [3.63, 3.8) is 0 Å². The monoisotopic (exact) mass is 346 g/mol. The molecule has 0 aromatic heterocycles. The van der Waals surface area contributed by atoms with Crippen LogP contribution in [-0.2, 0) is 14.9 Å². The van der Waals surface area contributed by atoms with E-state index in [1.807, 2.05) is 17.0 Å². The van der Waals surface area contributed by atoms with Crippen molar-refractivity contribution in [3.05, 3.63) is 35.1 Å². The first-order valence-corrected chi connectivity index (χ1v) is 8.96. The Bertz CT molecular complexity index is 723. The maximum absolute atomic E-state index is 13.9. The number of aryl methyl sites for hydroxylation is 1. The van der Waals surface area contributed by atoms with Crippen molar-refractivity contribution in [1.82, 2.24) is 10.2 Å². The van der Waals surface area contributed by atoms with Gasteiger partial charge >= 0.3 is 6.09 Å². The molecule has 2 saturated heterocycles. The summed E-state index contributed by atoms with van der Waals surface area (Å²) >= 11 is 0. The summed E-state index contributed by atoms with van der Waals surface area (Å²) in [6, 6.07) is 5.56. The standard InChI is InChI=1S/C19H23FN2O3/c1-12-2-3-14(8-16(12)20)19-5-6-22(11-15(19)9-19)17(23)13-4-7-25-18(24)21-10-13/h2-3,8,13,15H,4-7,9-11H2,1H3,(H,21,24)/t13-,15+,19+/m1/s1. The molecule has 1 aliphatic carbocycles. The highest BCUT2D eigenvalue weighted by atomic mass is 19.1. The Kier molecular flexibility index (Phi) is 3.93. The second kappa shape index (κ2) is 6.00. The van der Waals surface area contributed by atoms with Crippen LogP contribution in [0.5, 0.6) is 0 Å². The Labute approximate surface area is 146 Å². The van der Waals surface area contributed by atoms with E-state index in [0.717, 1.165) is 24.9 Å². The molecular formula is C19H23FN2O3. The Balaban J connectivity index is 1.42. The third-order valence-corrected chi connectivity index (χ3v) is 6.10. The van der Waals surface area contributed by atoms with Crippen LogP contribution in [0.1, 0.15) is 30.4 Å². The molecule has 1 N–H and O–H groups in total. The molecule has 0 unspecified atom stereocenters. The predicted molar refractivity (Wildman–Crippen MR) is 89.6 cm³/mol. The zero-order valence-electron chi connectivity index (χ0n) is 14.4. The van der Waals surface area contributed by atoms with Gasteiger partial charge in [-0.05, 0) is 49.3 Å². The van der Waals surface area contributed by atoms with E-state index in [0.29, 0.717) is 31.0 Å². The van der Waals surface area contributed by atoms with Crippen molar-refractivity contribution in [2.24, 2.45) is 11.8 Å². The van der Waals surface area contributed by atoms with E-state index in [-0.39, 0.29) is 29.7 Å². The van der Waals surface area contributed by atoms with Crippen LogP contribution in [0.4, 0.5) is 9.18 Å². The lowest BCUT2D eigenvalue weighted by Gasteiger charge is -2.34. The Morgan fingerprint density at radius 3 is 3.04 bits per heavy atom. The number of nitrogens with one attached hydrogen (secondary N) is 1. The number of cyclic esters (lactones) is 1. The maximum Gasteiger partial charge on any atom is 0.407 e. The second-order valence-electron chi connectivity index (χ2n) is 7.56. The van der Waals surface area contributed by atoms with Crippen LogP contribution in [0.25, 0.3) is 0 Å². The summed E-state index contributed by atoms with van der Waals surface area (Å²) in [4.78, 5) is 25.9. The average molecular weight is 346 g/mol. The van der Waals surface area contributed by atoms with Gasteiger partial charge in [-0.2, -0.15) is 0 Å². The van der Waals surface area contributed by atoms with Gasteiger partial charge in [0.15, 0.2) is 0 Å². The van der Waals surface area contributed by atoms with Gasteiger partial charge in [0.1, 0.15) is 5.82 Å². The highest BCUT2D eigenvalue weighted by Crippen LogP contribution is 2.59. The number of amides is 2. The number of alkyl carbamates (subject to hydrolysis) is 1. The third-order valence-electron chi connectivity index (χ3n) is 6.10. The van der Waals surface area contributed by atoms with Crippen LogP contribution in [0.3, 0.4) is 0 Å². The maximum atomic E-state index is 13.9. The van der Waals surface area contributed by atoms with Crippen molar-refractivity contribution in [2.75, 3.05) is 26.2 Å². The van der Waals surface area contributed by atoms with Gasteiger partial charge in [-0.3, -0.25) is 4.79 Å². The van der Waals surface area contributed by atoms with Crippen molar-refractivity contribution >= 4 is 12.0 Å². The van der Waals surface area contributed by atoms with Gasteiger partial charge in [-0.1, -0.05) is 12.1 Å². The van der Waals surface area contributed by atoms with Crippen molar-refractivity contribution < 1.29 is 18.7 Å². The first-order valence-electron chi connectivity index (χ1n) is 8.96. The minimum Gasteiger partial charge on any atom is -0.450 e. The van der Waals surface area contributed by atoms with E-state index in [9.17, 15) is 14.0 Å². The molecule has 1 saturated carbocycles. The van der Waals surface area contributed by atoms with Crippen LogP contribution in [-0.4, -0.2) is 43.1 Å². The molecule has 134 valence electrons. The zero-order chi connectivity index (χ0) is 17.6. The number of rotatable bonds is 2. The summed E-state index contributed by atoms with van der Waals surface area (Å²) < 4.78 is 18.9. The number of piperidine rings is 1. The summed E-state index contributed by atoms with van der Waals surface area (Å²) in [5, 5.41) is 2.63. The van der Waals surface area contributed by atoms with Crippen LogP contribution in [0.15, 0.2) is 18.2 Å². The average Bonchev–Trinajstić information content (AvgIpc) is 3.37. The highest BCUT2D eigenvalue weighted by Gasteiger charge is 2.58. The third kappa shape index (κ3) is 2.87. The Hall–Kier alpha value is -2.11. The fourth-order valence-corrected chi connectivity index (χ4v) is 4.34. The van der Waals surface area contributed by atoms with Gasteiger partial charge in [0.25, 0.3) is 0 Å². The molecule has 4 rings (SSSR count). The van der Waals surface area contributed by atoms with E-state index in [4.69, 9.17) is 4.74 Å². The number of halogens is 1. The zero-order valence-corrected chi connectivity index (χ0v) is 14.4. The van der Waals surface area contributed by atoms with E-state index in [2.05, 4.69) is 5.32 Å². The number of likely N-dealkylation sites (tertiary alicyclic amines) is 1. The molecule has 3 atom stereocenters. The van der Waals surface area contributed by atoms with Crippen LogP contribution in [0, 0.1) is 24.6 Å². The quantitative estimate of drug-likeness (QED) is 0.894. The van der Waals surface area contributed by atoms with Gasteiger partial charge < -0.3 is 15.0 Å².